The maximum absolute atomic E-state index is 13.1. The van der Waals surface area contributed by atoms with E-state index in [1.54, 1.807) is 34.6 Å². The number of hydrogen-bond donors (Lipinski definition) is 1. The van der Waals surface area contributed by atoms with Crippen molar-refractivity contribution >= 4 is 21.6 Å². The Morgan fingerprint density at radius 2 is 1.42 bits per heavy atom. The van der Waals surface area contributed by atoms with Crippen LogP contribution in [0, 0.1) is 0 Å². The van der Waals surface area contributed by atoms with E-state index in [2.05, 4.69) is 5.32 Å². The number of rotatable bonds is 12. The topological polar surface area (TPSA) is 84.9 Å². The summed E-state index contributed by atoms with van der Waals surface area (Å²) in [7, 11) is -0.623. The van der Waals surface area contributed by atoms with Crippen molar-refractivity contribution < 1.29 is 22.7 Å². The van der Waals surface area contributed by atoms with Crippen LogP contribution in [0.3, 0.4) is 0 Å². The van der Waals surface area contributed by atoms with Crippen molar-refractivity contribution in [2.75, 3.05) is 32.6 Å². The van der Waals surface area contributed by atoms with E-state index in [1.807, 2.05) is 13.8 Å². The van der Waals surface area contributed by atoms with Crippen molar-refractivity contribution in [2.45, 2.75) is 44.4 Å². The van der Waals surface area contributed by atoms with Gasteiger partial charge in [-0.3, -0.25) is 4.79 Å². The standard InChI is InChI=1S/C23H32N2O5S/c1-5-7-16-25(17-8-6-2)31(27,28)19-14-12-18(13-15-19)24-23(26)22-20(29-3)10-9-11-21(22)30-4/h9-15H,5-8,16-17H2,1-4H3,(H,24,26). The van der Waals surface area contributed by atoms with Gasteiger partial charge in [0, 0.05) is 18.8 Å². The van der Waals surface area contributed by atoms with Crippen LogP contribution in [0.15, 0.2) is 47.4 Å². The molecule has 0 saturated heterocycles. The highest BCUT2D eigenvalue weighted by Crippen LogP contribution is 2.29. The largest absolute Gasteiger partial charge is 0.496 e. The Morgan fingerprint density at radius 3 is 1.87 bits per heavy atom. The Labute approximate surface area is 185 Å². The lowest BCUT2D eigenvalue weighted by Gasteiger charge is -2.22. The zero-order valence-electron chi connectivity index (χ0n) is 18.7. The molecule has 0 aromatic heterocycles. The number of carbonyl (C=O) groups is 1. The van der Waals surface area contributed by atoms with Crippen LogP contribution < -0.4 is 14.8 Å². The second kappa shape index (κ2) is 11.7. The van der Waals surface area contributed by atoms with Crippen molar-refractivity contribution in [3.63, 3.8) is 0 Å². The smallest absolute Gasteiger partial charge is 0.263 e. The van der Waals surface area contributed by atoms with E-state index in [1.165, 1.54) is 26.4 Å². The molecule has 0 saturated carbocycles. The molecule has 7 nitrogen and oxygen atoms in total. The SMILES string of the molecule is CCCCN(CCCC)S(=O)(=O)c1ccc(NC(=O)c2c(OC)cccc2OC)cc1. The van der Waals surface area contributed by atoms with Crippen molar-refractivity contribution in [1.82, 2.24) is 4.31 Å². The molecule has 0 fully saturated rings. The summed E-state index contributed by atoms with van der Waals surface area (Å²) in [5.74, 6) is 0.370. The first-order chi connectivity index (χ1) is 14.9. The van der Waals surface area contributed by atoms with Gasteiger partial charge in [-0.2, -0.15) is 4.31 Å². The number of hydrogen-bond acceptors (Lipinski definition) is 5. The maximum atomic E-state index is 13.1. The third kappa shape index (κ3) is 6.21. The van der Waals surface area contributed by atoms with Gasteiger partial charge in [0.05, 0.1) is 19.1 Å². The molecule has 0 bridgehead atoms. The quantitative estimate of drug-likeness (QED) is 0.515. The van der Waals surface area contributed by atoms with Crippen molar-refractivity contribution in [3.8, 4) is 11.5 Å². The summed E-state index contributed by atoms with van der Waals surface area (Å²) in [5, 5.41) is 2.78. The van der Waals surface area contributed by atoms with Crippen LogP contribution >= 0.6 is 0 Å². The molecule has 1 N–H and O–H groups in total. The number of benzene rings is 2. The van der Waals surface area contributed by atoms with Crippen LogP contribution in [-0.2, 0) is 10.0 Å². The highest BCUT2D eigenvalue weighted by atomic mass is 32.2. The molecule has 0 radical (unpaired) electrons. The fraction of sp³-hybridized carbons (Fsp3) is 0.435. The van der Waals surface area contributed by atoms with Crippen LogP contribution in [0.25, 0.3) is 0 Å². The zero-order valence-corrected chi connectivity index (χ0v) is 19.5. The predicted octanol–water partition coefficient (Wildman–Crippen LogP) is 4.55. The third-order valence-corrected chi connectivity index (χ3v) is 6.84. The third-order valence-electron chi connectivity index (χ3n) is 4.93. The van der Waals surface area contributed by atoms with Crippen molar-refractivity contribution in [1.29, 1.82) is 0 Å². The number of ether oxygens (including phenoxy) is 2. The van der Waals surface area contributed by atoms with Gasteiger partial charge in [-0.25, -0.2) is 8.42 Å². The number of amides is 1. The lowest BCUT2D eigenvalue weighted by Crippen LogP contribution is -2.33. The van der Waals surface area contributed by atoms with E-state index in [9.17, 15) is 13.2 Å². The molecule has 2 aromatic rings. The fourth-order valence-corrected chi connectivity index (χ4v) is 4.67. The summed E-state index contributed by atoms with van der Waals surface area (Å²) in [6.07, 6.45) is 3.49. The Hall–Kier alpha value is -2.58. The lowest BCUT2D eigenvalue weighted by molar-refractivity contribution is 0.102. The summed E-state index contributed by atoms with van der Waals surface area (Å²) in [6.45, 7) is 5.09. The Morgan fingerprint density at radius 1 is 0.903 bits per heavy atom. The highest BCUT2D eigenvalue weighted by Gasteiger charge is 2.24. The molecule has 31 heavy (non-hydrogen) atoms. The first-order valence-corrected chi connectivity index (χ1v) is 12.0. The number of methoxy groups -OCH3 is 2. The number of carbonyl (C=O) groups excluding carboxylic acids is 1. The van der Waals surface area contributed by atoms with Gasteiger partial charge in [0.2, 0.25) is 10.0 Å². The van der Waals surface area contributed by atoms with Gasteiger partial charge in [0.1, 0.15) is 17.1 Å². The second-order valence-corrected chi connectivity index (χ2v) is 9.07. The average Bonchev–Trinajstić information content (AvgIpc) is 2.78. The maximum Gasteiger partial charge on any atom is 0.263 e. The van der Waals surface area contributed by atoms with E-state index >= 15 is 0 Å². The predicted molar refractivity (Wildman–Crippen MR) is 123 cm³/mol. The molecule has 0 aliphatic heterocycles. The highest BCUT2D eigenvalue weighted by molar-refractivity contribution is 7.89. The minimum atomic E-state index is -3.58. The zero-order chi connectivity index (χ0) is 22.9. The molecule has 2 rings (SSSR count). The van der Waals surface area contributed by atoms with Gasteiger partial charge in [-0.05, 0) is 49.2 Å². The molecule has 0 atom stereocenters. The molecule has 170 valence electrons. The van der Waals surface area contributed by atoms with Crippen LogP contribution in [0.5, 0.6) is 11.5 Å². The van der Waals surface area contributed by atoms with Crippen molar-refractivity contribution in [2.24, 2.45) is 0 Å². The summed E-state index contributed by atoms with van der Waals surface area (Å²) < 4.78 is 38.2. The molecule has 0 aliphatic carbocycles. The van der Waals surface area contributed by atoms with Gasteiger partial charge in [-0.15, -0.1) is 0 Å². The summed E-state index contributed by atoms with van der Waals surface area (Å²) in [4.78, 5) is 13.0. The first-order valence-electron chi connectivity index (χ1n) is 10.5. The summed E-state index contributed by atoms with van der Waals surface area (Å²) in [5.41, 5.74) is 0.750. The van der Waals surface area contributed by atoms with Gasteiger partial charge in [-0.1, -0.05) is 32.8 Å². The minimum Gasteiger partial charge on any atom is -0.496 e. The Bertz CT molecular complexity index is 928. The number of anilines is 1. The molecule has 0 heterocycles. The van der Waals surface area contributed by atoms with E-state index < -0.39 is 15.9 Å². The summed E-state index contributed by atoms with van der Waals surface area (Å²) >= 11 is 0. The molecular weight excluding hydrogens is 416 g/mol. The van der Waals surface area contributed by atoms with Crippen LogP contribution in [-0.4, -0.2) is 45.9 Å². The Balaban J connectivity index is 2.22. The van der Waals surface area contributed by atoms with Gasteiger partial charge < -0.3 is 14.8 Å². The molecule has 1 amide bonds. The fourth-order valence-electron chi connectivity index (χ4n) is 3.15. The number of unbranched alkanes of at least 4 members (excludes halogenated alkanes) is 2. The summed E-state index contributed by atoms with van der Waals surface area (Å²) in [6, 6.07) is 11.3. The van der Waals surface area contributed by atoms with Crippen molar-refractivity contribution in [3.05, 3.63) is 48.0 Å². The molecular formula is C23H32N2O5S. The minimum absolute atomic E-state index is 0.215. The number of nitrogens with zero attached hydrogens (tertiary/aromatic N) is 1. The van der Waals surface area contributed by atoms with E-state index in [-0.39, 0.29) is 10.5 Å². The van der Waals surface area contributed by atoms with E-state index in [0.717, 1.165) is 25.7 Å². The molecule has 8 heteroatoms. The molecule has 0 spiro atoms. The van der Waals surface area contributed by atoms with Crippen LogP contribution in [0.4, 0.5) is 5.69 Å². The van der Waals surface area contributed by atoms with E-state index in [0.29, 0.717) is 30.3 Å². The van der Waals surface area contributed by atoms with Gasteiger partial charge >= 0.3 is 0 Å². The Kier molecular flexibility index (Phi) is 9.33. The average molecular weight is 449 g/mol. The number of nitrogens with one attached hydrogen (secondary N) is 1. The monoisotopic (exact) mass is 448 g/mol. The van der Waals surface area contributed by atoms with Crippen LogP contribution in [0.1, 0.15) is 49.9 Å². The lowest BCUT2D eigenvalue weighted by atomic mass is 10.1. The normalized spacial score (nSPS) is 11.4. The van der Waals surface area contributed by atoms with Crippen LogP contribution in [0.2, 0.25) is 0 Å². The van der Waals surface area contributed by atoms with Gasteiger partial charge in [0.25, 0.3) is 5.91 Å². The number of sulfonamides is 1. The first kappa shape index (κ1) is 24.7. The molecule has 0 unspecified atom stereocenters. The van der Waals surface area contributed by atoms with Gasteiger partial charge in [0.15, 0.2) is 0 Å². The second-order valence-electron chi connectivity index (χ2n) is 7.13. The molecule has 0 aliphatic rings. The molecule has 2 aromatic carbocycles. The van der Waals surface area contributed by atoms with E-state index in [4.69, 9.17) is 9.47 Å².